The van der Waals surface area contributed by atoms with Gasteiger partial charge in [0.2, 0.25) is 5.91 Å². The minimum Gasteiger partial charge on any atom is -0.347 e. The Balaban J connectivity index is 2.84. The van der Waals surface area contributed by atoms with Crippen molar-refractivity contribution in [3.8, 4) is 0 Å². The first kappa shape index (κ1) is 15.8. The van der Waals surface area contributed by atoms with Crippen molar-refractivity contribution < 1.29 is 9.59 Å². The average molecular weight is 330 g/mol. The maximum atomic E-state index is 12.3. The van der Waals surface area contributed by atoms with Crippen LogP contribution >= 0.6 is 15.9 Å². The second-order valence-electron chi connectivity index (χ2n) is 4.69. The van der Waals surface area contributed by atoms with Crippen LogP contribution < -0.4 is 0 Å². The number of likely N-dealkylation sites (N-methyl/N-ethyl adjacent to an activating group) is 2. The molecule has 0 aliphatic carbocycles. The molecule has 106 valence electrons. The molecule has 0 saturated carbocycles. The van der Waals surface area contributed by atoms with E-state index in [9.17, 15) is 9.59 Å². The lowest BCUT2D eigenvalue weighted by molar-refractivity contribution is -0.129. The molecule has 0 fully saturated rings. The van der Waals surface area contributed by atoms with E-state index in [0.29, 0.717) is 5.69 Å². The number of rotatable bonds is 5. The predicted molar refractivity (Wildman–Crippen MR) is 78.1 cm³/mol. The normalized spacial score (nSPS) is 10.4. The van der Waals surface area contributed by atoms with Crippen LogP contribution in [0.15, 0.2) is 16.7 Å². The van der Waals surface area contributed by atoms with Gasteiger partial charge in [0.15, 0.2) is 0 Å². The SMILES string of the molecule is CCCn1cc(Br)cc1C(=O)N(C)CC(=O)N(C)C. The quantitative estimate of drug-likeness (QED) is 0.827. The molecule has 1 aromatic heterocycles. The van der Waals surface area contributed by atoms with E-state index in [1.54, 1.807) is 27.2 Å². The first-order valence-electron chi connectivity index (χ1n) is 6.18. The maximum Gasteiger partial charge on any atom is 0.270 e. The maximum absolute atomic E-state index is 12.3. The molecule has 0 aromatic carbocycles. The molecular weight excluding hydrogens is 310 g/mol. The molecule has 1 heterocycles. The second kappa shape index (κ2) is 6.75. The minimum absolute atomic E-state index is 0.0841. The summed E-state index contributed by atoms with van der Waals surface area (Å²) in [5.41, 5.74) is 0.600. The van der Waals surface area contributed by atoms with Crippen LogP contribution in [0.25, 0.3) is 0 Å². The van der Waals surface area contributed by atoms with E-state index >= 15 is 0 Å². The standard InChI is InChI=1S/C13H20BrN3O2/c1-5-6-17-8-10(14)7-11(17)13(19)16(4)9-12(18)15(2)3/h7-8H,5-6,9H2,1-4H3. The van der Waals surface area contributed by atoms with Crippen molar-refractivity contribution >= 4 is 27.7 Å². The highest BCUT2D eigenvalue weighted by Gasteiger charge is 2.19. The van der Waals surface area contributed by atoms with E-state index in [1.807, 2.05) is 10.8 Å². The molecule has 0 aliphatic rings. The third-order valence-corrected chi connectivity index (χ3v) is 3.20. The van der Waals surface area contributed by atoms with Gasteiger partial charge in [-0.3, -0.25) is 9.59 Å². The summed E-state index contributed by atoms with van der Waals surface area (Å²) in [7, 11) is 4.99. The zero-order valence-corrected chi connectivity index (χ0v) is 13.4. The average Bonchev–Trinajstić information content (AvgIpc) is 2.69. The summed E-state index contributed by atoms with van der Waals surface area (Å²) < 4.78 is 2.78. The van der Waals surface area contributed by atoms with E-state index in [4.69, 9.17) is 0 Å². The Morgan fingerprint density at radius 3 is 2.47 bits per heavy atom. The van der Waals surface area contributed by atoms with Gasteiger partial charge >= 0.3 is 0 Å². The molecule has 0 saturated heterocycles. The van der Waals surface area contributed by atoms with Gasteiger partial charge in [-0.1, -0.05) is 6.92 Å². The lowest BCUT2D eigenvalue weighted by Crippen LogP contribution is -2.38. The number of hydrogen-bond acceptors (Lipinski definition) is 2. The monoisotopic (exact) mass is 329 g/mol. The Morgan fingerprint density at radius 2 is 1.95 bits per heavy atom. The number of carbonyl (C=O) groups excluding carboxylic acids is 2. The van der Waals surface area contributed by atoms with Gasteiger partial charge in [-0.15, -0.1) is 0 Å². The number of amides is 2. The molecule has 6 heteroatoms. The fourth-order valence-electron chi connectivity index (χ4n) is 1.69. The largest absolute Gasteiger partial charge is 0.347 e. The number of nitrogens with zero attached hydrogens (tertiary/aromatic N) is 3. The molecule has 5 nitrogen and oxygen atoms in total. The summed E-state index contributed by atoms with van der Waals surface area (Å²) in [4.78, 5) is 26.9. The molecule has 1 rings (SSSR count). The van der Waals surface area contributed by atoms with E-state index in [-0.39, 0.29) is 18.4 Å². The minimum atomic E-state index is -0.144. The molecule has 0 atom stereocenters. The van der Waals surface area contributed by atoms with Gasteiger partial charge in [-0.2, -0.15) is 0 Å². The van der Waals surface area contributed by atoms with E-state index in [1.165, 1.54) is 9.80 Å². The molecule has 19 heavy (non-hydrogen) atoms. The fraction of sp³-hybridized carbons (Fsp3) is 0.538. The highest BCUT2D eigenvalue weighted by atomic mass is 79.9. The van der Waals surface area contributed by atoms with Crippen molar-refractivity contribution in [2.24, 2.45) is 0 Å². The van der Waals surface area contributed by atoms with Crippen LogP contribution in [0.3, 0.4) is 0 Å². The number of hydrogen-bond donors (Lipinski definition) is 0. The van der Waals surface area contributed by atoms with E-state index in [2.05, 4.69) is 22.9 Å². The number of aromatic nitrogens is 1. The van der Waals surface area contributed by atoms with Crippen molar-refractivity contribution in [1.29, 1.82) is 0 Å². The fourth-order valence-corrected chi connectivity index (χ4v) is 2.16. The Hall–Kier alpha value is -1.30. The van der Waals surface area contributed by atoms with Gasteiger partial charge in [0.25, 0.3) is 5.91 Å². The topological polar surface area (TPSA) is 45.6 Å². The zero-order valence-electron chi connectivity index (χ0n) is 11.8. The lowest BCUT2D eigenvalue weighted by atomic mass is 10.3. The first-order valence-corrected chi connectivity index (χ1v) is 6.97. The molecule has 2 amide bonds. The molecule has 0 radical (unpaired) electrons. The molecule has 0 N–H and O–H groups in total. The summed E-state index contributed by atoms with van der Waals surface area (Å²) in [5, 5.41) is 0. The molecule has 0 spiro atoms. The van der Waals surface area contributed by atoms with Crippen molar-refractivity contribution in [3.05, 3.63) is 22.4 Å². The molecule has 0 aliphatic heterocycles. The van der Waals surface area contributed by atoms with Gasteiger partial charge in [0.05, 0.1) is 6.54 Å². The summed E-state index contributed by atoms with van der Waals surface area (Å²) in [6.45, 7) is 2.92. The van der Waals surface area contributed by atoms with E-state index < -0.39 is 0 Å². The van der Waals surface area contributed by atoms with Crippen molar-refractivity contribution in [1.82, 2.24) is 14.4 Å². The summed E-state index contributed by atoms with van der Waals surface area (Å²) in [5.74, 6) is -0.238. The van der Waals surface area contributed by atoms with Crippen LogP contribution in [-0.2, 0) is 11.3 Å². The van der Waals surface area contributed by atoms with Gasteiger partial charge in [-0.25, -0.2) is 0 Å². The van der Waals surface area contributed by atoms with Gasteiger partial charge in [-0.05, 0) is 28.4 Å². The Morgan fingerprint density at radius 1 is 1.32 bits per heavy atom. The van der Waals surface area contributed by atoms with Crippen LogP contribution in [-0.4, -0.2) is 53.9 Å². The van der Waals surface area contributed by atoms with Crippen molar-refractivity contribution in [3.63, 3.8) is 0 Å². The number of halogens is 1. The molecule has 0 bridgehead atoms. The van der Waals surface area contributed by atoms with Crippen molar-refractivity contribution in [2.45, 2.75) is 19.9 Å². The Labute approximate surface area is 122 Å². The predicted octanol–water partition coefficient (Wildman–Crippen LogP) is 1.82. The Kier molecular flexibility index (Phi) is 5.60. The number of aryl methyl sites for hydroxylation is 1. The highest BCUT2D eigenvalue weighted by Crippen LogP contribution is 2.17. The first-order chi connectivity index (χ1) is 8.86. The smallest absolute Gasteiger partial charge is 0.270 e. The third-order valence-electron chi connectivity index (χ3n) is 2.76. The van der Waals surface area contributed by atoms with Crippen LogP contribution in [0.2, 0.25) is 0 Å². The summed E-state index contributed by atoms with van der Waals surface area (Å²) in [6, 6.07) is 1.79. The van der Waals surface area contributed by atoms with Crippen LogP contribution in [0.1, 0.15) is 23.8 Å². The third kappa shape index (κ3) is 4.09. The molecule has 0 unspecified atom stereocenters. The van der Waals surface area contributed by atoms with Gasteiger partial charge in [0.1, 0.15) is 5.69 Å². The van der Waals surface area contributed by atoms with Crippen molar-refractivity contribution in [2.75, 3.05) is 27.7 Å². The molecular formula is C13H20BrN3O2. The van der Waals surface area contributed by atoms with Gasteiger partial charge in [0, 0.05) is 38.4 Å². The summed E-state index contributed by atoms with van der Waals surface area (Å²) >= 11 is 3.38. The van der Waals surface area contributed by atoms with Gasteiger partial charge < -0.3 is 14.4 Å². The zero-order chi connectivity index (χ0) is 14.6. The van der Waals surface area contributed by atoms with Crippen LogP contribution in [0, 0.1) is 0 Å². The van der Waals surface area contributed by atoms with E-state index in [0.717, 1.165) is 17.4 Å². The second-order valence-corrected chi connectivity index (χ2v) is 5.60. The summed E-state index contributed by atoms with van der Waals surface area (Å²) in [6.07, 6.45) is 2.83. The number of carbonyl (C=O) groups is 2. The highest BCUT2D eigenvalue weighted by molar-refractivity contribution is 9.10. The Bertz CT molecular complexity index is 468. The lowest BCUT2D eigenvalue weighted by Gasteiger charge is -2.20. The van der Waals surface area contributed by atoms with Crippen LogP contribution in [0.4, 0.5) is 0 Å². The van der Waals surface area contributed by atoms with Crippen LogP contribution in [0.5, 0.6) is 0 Å². The molecule has 1 aromatic rings.